The lowest BCUT2D eigenvalue weighted by molar-refractivity contribution is -0.142. The lowest BCUT2D eigenvalue weighted by atomic mass is 10.2. The SMILES string of the molecule is COC(=O)CC(O)CN(C)c1ccc(OC)cc1. The number of anilines is 1. The Morgan fingerprint density at radius 3 is 2.44 bits per heavy atom. The van der Waals surface area contributed by atoms with E-state index in [1.54, 1.807) is 7.11 Å². The van der Waals surface area contributed by atoms with Crippen LogP contribution in [0.5, 0.6) is 5.75 Å². The summed E-state index contributed by atoms with van der Waals surface area (Å²) in [6.45, 7) is 0.363. The van der Waals surface area contributed by atoms with Gasteiger partial charge in [0.15, 0.2) is 0 Å². The molecule has 0 bridgehead atoms. The molecule has 0 aromatic heterocycles. The van der Waals surface area contributed by atoms with Crippen molar-refractivity contribution in [3.05, 3.63) is 24.3 Å². The summed E-state index contributed by atoms with van der Waals surface area (Å²) in [6.07, 6.45) is -0.749. The molecule has 0 amide bonds. The first kappa shape index (κ1) is 14.3. The third-order valence-corrected chi connectivity index (χ3v) is 2.63. The van der Waals surface area contributed by atoms with Crippen molar-refractivity contribution in [3.63, 3.8) is 0 Å². The Hall–Kier alpha value is -1.75. The van der Waals surface area contributed by atoms with Crippen molar-refractivity contribution in [3.8, 4) is 5.75 Å². The number of hydrogen-bond acceptors (Lipinski definition) is 5. The minimum atomic E-state index is -0.746. The number of methoxy groups -OCH3 is 2. The van der Waals surface area contributed by atoms with Crippen LogP contribution in [0.4, 0.5) is 5.69 Å². The van der Waals surface area contributed by atoms with Crippen molar-refractivity contribution in [2.75, 3.05) is 32.7 Å². The monoisotopic (exact) mass is 253 g/mol. The van der Waals surface area contributed by atoms with Gasteiger partial charge in [-0.2, -0.15) is 0 Å². The van der Waals surface area contributed by atoms with Crippen LogP contribution in [0.2, 0.25) is 0 Å². The average molecular weight is 253 g/mol. The number of likely N-dealkylation sites (N-methyl/N-ethyl adjacent to an activating group) is 1. The second-order valence-electron chi connectivity index (χ2n) is 4.01. The molecule has 5 nitrogen and oxygen atoms in total. The van der Waals surface area contributed by atoms with E-state index in [4.69, 9.17) is 4.74 Å². The molecule has 5 heteroatoms. The zero-order valence-electron chi connectivity index (χ0n) is 10.9. The summed E-state index contributed by atoms with van der Waals surface area (Å²) in [5.74, 6) is 0.368. The van der Waals surface area contributed by atoms with Crippen LogP contribution >= 0.6 is 0 Å². The maximum Gasteiger partial charge on any atom is 0.308 e. The smallest absolute Gasteiger partial charge is 0.308 e. The number of ether oxygens (including phenoxy) is 2. The molecule has 1 atom stereocenters. The number of carbonyl (C=O) groups is 1. The number of esters is 1. The predicted molar refractivity (Wildman–Crippen MR) is 68.9 cm³/mol. The summed E-state index contributed by atoms with van der Waals surface area (Å²) in [4.78, 5) is 12.9. The summed E-state index contributed by atoms with van der Waals surface area (Å²) in [7, 11) is 4.77. The van der Waals surface area contributed by atoms with E-state index in [1.165, 1.54) is 7.11 Å². The van der Waals surface area contributed by atoms with Gasteiger partial charge in [-0.25, -0.2) is 0 Å². The average Bonchev–Trinajstić information content (AvgIpc) is 2.38. The van der Waals surface area contributed by atoms with Crippen LogP contribution in [0.1, 0.15) is 6.42 Å². The van der Waals surface area contributed by atoms with Crippen LogP contribution in [-0.4, -0.2) is 45.0 Å². The fourth-order valence-electron chi connectivity index (χ4n) is 1.60. The highest BCUT2D eigenvalue weighted by Crippen LogP contribution is 2.18. The van der Waals surface area contributed by atoms with Crippen LogP contribution < -0.4 is 9.64 Å². The van der Waals surface area contributed by atoms with Crippen LogP contribution in [0.15, 0.2) is 24.3 Å². The van der Waals surface area contributed by atoms with Gasteiger partial charge in [-0.05, 0) is 24.3 Å². The summed E-state index contributed by atoms with van der Waals surface area (Å²) in [5.41, 5.74) is 0.944. The molecule has 1 rings (SSSR count). The van der Waals surface area contributed by atoms with Crippen molar-refractivity contribution in [1.82, 2.24) is 0 Å². The molecule has 0 spiro atoms. The fourth-order valence-corrected chi connectivity index (χ4v) is 1.60. The third-order valence-electron chi connectivity index (χ3n) is 2.63. The topological polar surface area (TPSA) is 59.0 Å². The highest BCUT2D eigenvalue weighted by molar-refractivity contribution is 5.69. The highest BCUT2D eigenvalue weighted by atomic mass is 16.5. The molecule has 18 heavy (non-hydrogen) atoms. The van der Waals surface area contributed by atoms with E-state index < -0.39 is 12.1 Å². The minimum Gasteiger partial charge on any atom is -0.497 e. The number of carbonyl (C=O) groups excluding carboxylic acids is 1. The lowest BCUT2D eigenvalue weighted by Crippen LogP contribution is -2.30. The van der Waals surface area contributed by atoms with Gasteiger partial charge in [-0.15, -0.1) is 0 Å². The summed E-state index contributed by atoms with van der Waals surface area (Å²) in [6, 6.07) is 7.48. The predicted octanol–water partition coefficient (Wildman–Crippen LogP) is 1.06. The van der Waals surface area contributed by atoms with Crippen molar-refractivity contribution in [1.29, 1.82) is 0 Å². The molecule has 1 N–H and O–H groups in total. The fraction of sp³-hybridized carbons (Fsp3) is 0.462. The summed E-state index contributed by atoms with van der Waals surface area (Å²) >= 11 is 0. The minimum absolute atomic E-state index is 0.00298. The van der Waals surface area contributed by atoms with E-state index in [0.717, 1.165) is 11.4 Å². The summed E-state index contributed by atoms with van der Waals surface area (Å²) in [5, 5.41) is 9.72. The number of nitrogens with zero attached hydrogens (tertiary/aromatic N) is 1. The van der Waals surface area contributed by atoms with Gasteiger partial charge in [0.2, 0.25) is 0 Å². The van der Waals surface area contributed by atoms with Gasteiger partial charge in [0, 0.05) is 19.3 Å². The van der Waals surface area contributed by atoms with E-state index in [9.17, 15) is 9.90 Å². The molecule has 0 aliphatic carbocycles. The number of aliphatic hydroxyl groups is 1. The zero-order valence-corrected chi connectivity index (χ0v) is 10.9. The van der Waals surface area contributed by atoms with Gasteiger partial charge in [0.25, 0.3) is 0 Å². The first-order valence-corrected chi connectivity index (χ1v) is 5.67. The van der Waals surface area contributed by atoms with Gasteiger partial charge in [-0.3, -0.25) is 4.79 Å². The molecule has 0 fully saturated rings. The first-order chi connectivity index (χ1) is 8.56. The molecule has 1 aromatic rings. The quantitative estimate of drug-likeness (QED) is 0.768. The molecule has 100 valence electrons. The Morgan fingerprint density at radius 2 is 1.94 bits per heavy atom. The van der Waals surface area contributed by atoms with Gasteiger partial charge >= 0.3 is 5.97 Å². The van der Waals surface area contributed by atoms with Crippen molar-refractivity contribution in [2.24, 2.45) is 0 Å². The van der Waals surface area contributed by atoms with Crippen LogP contribution in [0.25, 0.3) is 0 Å². The molecule has 0 radical (unpaired) electrons. The van der Waals surface area contributed by atoms with Crippen LogP contribution in [0.3, 0.4) is 0 Å². The Morgan fingerprint density at radius 1 is 1.33 bits per heavy atom. The molecular formula is C13H19NO4. The van der Waals surface area contributed by atoms with Crippen LogP contribution in [0, 0.1) is 0 Å². The Kier molecular flexibility index (Phi) is 5.45. The number of rotatable bonds is 6. The third kappa shape index (κ3) is 4.25. The molecule has 0 aliphatic rings. The van der Waals surface area contributed by atoms with E-state index >= 15 is 0 Å². The van der Waals surface area contributed by atoms with E-state index in [-0.39, 0.29) is 6.42 Å². The maximum atomic E-state index is 11.0. The molecule has 0 aliphatic heterocycles. The molecule has 0 heterocycles. The van der Waals surface area contributed by atoms with Gasteiger partial charge in [0.1, 0.15) is 5.75 Å². The van der Waals surface area contributed by atoms with E-state index in [2.05, 4.69) is 4.74 Å². The van der Waals surface area contributed by atoms with Gasteiger partial charge < -0.3 is 19.5 Å². The molecule has 0 saturated carbocycles. The van der Waals surface area contributed by atoms with Gasteiger partial charge in [-0.1, -0.05) is 0 Å². The number of hydrogen-bond donors (Lipinski definition) is 1. The molecule has 1 aromatic carbocycles. The van der Waals surface area contributed by atoms with E-state index in [1.807, 2.05) is 36.2 Å². The highest BCUT2D eigenvalue weighted by Gasteiger charge is 2.13. The first-order valence-electron chi connectivity index (χ1n) is 5.67. The van der Waals surface area contributed by atoms with Gasteiger partial charge in [0.05, 0.1) is 26.7 Å². The Balaban J connectivity index is 2.53. The summed E-state index contributed by atoms with van der Waals surface area (Å²) < 4.78 is 9.57. The lowest BCUT2D eigenvalue weighted by Gasteiger charge is -2.22. The van der Waals surface area contributed by atoms with Crippen molar-refractivity contribution < 1.29 is 19.4 Å². The molecular weight excluding hydrogens is 234 g/mol. The molecule has 1 unspecified atom stereocenters. The normalized spacial score (nSPS) is 11.8. The van der Waals surface area contributed by atoms with Crippen LogP contribution in [-0.2, 0) is 9.53 Å². The second-order valence-corrected chi connectivity index (χ2v) is 4.01. The standard InChI is InChI=1S/C13H19NO4/c1-14(9-11(15)8-13(16)18-3)10-4-6-12(17-2)7-5-10/h4-7,11,15H,8-9H2,1-3H3. The largest absolute Gasteiger partial charge is 0.497 e. The second kappa shape index (κ2) is 6.86. The van der Waals surface area contributed by atoms with Crippen molar-refractivity contribution >= 4 is 11.7 Å². The Bertz CT molecular complexity index is 377. The zero-order chi connectivity index (χ0) is 13.5. The molecule has 0 saturated heterocycles. The maximum absolute atomic E-state index is 11.0. The van der Waals surface area contributed by atoms with Crippen molar-refractivity contribution in [2.45, 2.75) is 12.5 Å². The van der Waals surface area contributed by atoms with E-state index in [0.29, 0.717) is 6.54 Å². The number of benzene rings is 1. The number of aliphatic hydroxyl groups excluding tert-OH is 1. The Labute approximate surface area is 107 Å².